The van der Waals surface area contributed by atoms with E-state index in [2.05, 4.69) is 0 Å². The van der Waals surface area contributed by atoms with Crippen LogP contribution in [0, 0.1) is 0 Å². The van der Waals surface area contributed by atoms with Crippen LogP contribution >= 0.6 is 0 Å². The molecule has 0 aromatic heterocycles. The summed E-state index contributed by atoms with van der Waals surface area (Å²) >= 11 is 0. The van der Waals surface area contributed by atoms with Gasteiger partial charge in [0.25, 0.3) is 20.2 Å². The molecule has 2 aromatic rings. The Hall–Kier alpha value is -1.48. The Bertz CT molecular complexity index is 994. The minimum absolute atomic E-state index is 0.0561. The molecule has 0 aliphatic carbocycles. The van der Waals surface area contributed by atoms with Gasteiger partial charge in [0.05, 0.1) is 0 Å². The van der Waals surface area contributed by atoms with Crippen molar-refractivity contribution in [1.29, 1.82) is 0 Å². The molecule has 2 rings (SSSR count). The van der Waals surface area contributed by atoms with E-state index in [0.717, 1.165) is 0 Å². The molecule has 144 valence electrons. The summed E-state index contributed by atoms with van der Waals surface area (Å²) in [6.45, 7) is 11.0. The molecule has 0 fully saturated rings. The third-order valence-corrected chi connectivity index (χ3v) is 6.07. The lowest BCUT2D eigenvalue weighted by Crippen LogP contribution is -2.16. The van der Waals surface area contributed by atoms with E-state index in [4.69, 9.17) is 0 Å². The van der Waals surface area contributed by atoms with Crippen molar-refractivity contribution in [3.05, 3.63) is 35.4 Å². The fraction of sp³-hybridized carbons (Fsp3) is 0.444. The van der Waals surface area contributed by atoms with Crippen molar-refractivity contribution in [3.63, 3.8) is 0 Å². The SMILES string of the molecule is CC(C)(C)c1cc(S(=O)(=O)O)c2cc(C(C)(C)C)cc(S(=O)(=O)O)c2c1. The van der Waals surface area contributed by atoms with Crippen molar-refractivity contribution in [1.82, 2.24) is 0 Å². The van der Waals surface area contributed by atoms with Crippen LogP contribution in [0.1, 0.15) is 52.7 Å². The van der Waals surface area contributed by atoms with Gasteiger partial charge >= 0.3 is 0 Å². The van der Waals surface area contributed by atoms with Crippen molar-refractivity contribution >= 4 is 31.0 Å². The van der Waals surface area contributed by atoms with E-state index in [1.165, 1.54) is 12.1 Å². The molecule has 0 unspecified atom stereocenters. The zero-order valence-corrected chi connectivity index (χ0v) is 17.3. The Morgan fingerprint density at radius 1 is 0.615 bits per heavy atom. The average molecular weight is 401 g/mol. The number of hydrogen-bond donors (Lipinski definition) is 2. The maximum absolute atomic E-state index is 12.0. The lowest BCUT2D eigenvalue weighted by Gasteiger charge is -2.24. The highest BCUT2D eigenvalue weighted by atomic mass is 32.2. The van der Waals surface area contributed by atoms with E-state index < -0.39 is 31.1 Å². The summed E-state index contributed by atoms with van der Waals surface area (Å²) in [5.41, 5.74) is 0.0247. The molecule has 0 spiro atoms. The molecule has 8 heteroatoms. The zero-order valence-electron chi connectivity index (χ0n) is 15.7. The van der Waals surface area contributed by atoms with Crippen LogP contribution in [0.15, 0.2) is 34.1 Å². The topological polar surface area (TPSA) is 109 Å². The standard InChI is InChI=1S/C18H24O6S2/c1-17(2,3)11-7-13-14(15(9-11)25(19,20)21)8-12(18(4,5)6)10-16(13)26(22,23)24/h7-10H,1-6H3,(H,19,20,21)(H,22,23,24). The first-order valence-electron chi connectivity index (χ1n) is 8.00. The van der Waals surface area contributed by atoms with Crippen molar-refractivity contribution in [2.75, 3.05) is 0 Å². The van der Waals surface area contributed by atoms with E-state index in [9.17, 15) is 25.9 Å². The summed E-state index contributed by atoms with van der Waals surface area (Å²) in [6.07, 6.45) is 0. The largest absolute Gasteiger partial charge is 0.295 e. The fourth-order valence-corrected chi connectivity index (χ4v) is 4.13. The van der Waals surface area contributed by atoms with E-state index >= 15 is 0 Å². The van der Waals surface area contributed by atoms with Gasteiger partial charge in [0.1, 0.15) is 9.79 Å². The first-order chi connectivity index (χ1) is 11.4. The van der Waals surface area contributed by atoms with Crippen LogP contribution in [-0.4, -0.2) is 25.9 Å². The molecule has 0 bridgehead atoms. The van der Waals surface area contributed by atoms with Crippen LogP contribution < -0.4 is 0 Å². The first-order valence-corrected chi connectivity index (χ1v) is 10.9. The van der Waals surface area contributed by atoms with E-state index in [1.807, 2.05) is 41.5 Å². The third-order valence-electron chi connectivity index (χ3n) is 4.28. The Morgan fingerprint density at radius 2 is 0.885 bits per heavy atom. The average Bonchev–Trinajstić information content (AvgIpc) is 2.40. The number of rotatable bonds is 2. The van der Waals surface area contributed by atoms with Crippen LogP contribution in [0.4, 0.5) is 0 Å². The monoisotopic (exact) mass is 400 g/mol. The Kier molecular flexibility index (Phi) is 4.82. The highest BCUT2D eigenvalue weighted by Gasteiger charge is 2.27. The van der Waals surface area contributed by atoms with Crippen LogP contribution in [0.5, 0.6) is 0 Å². The molecule has 0 saturated heterocycles. The summed E-state index contributed by atoms with van der Waals surface area (Å²) in [7, 11) is -9.23. The van der Waals surface area contributed by atoms with Gasteiger partial charge in [0.2, 0.25) is 0 Å². The van der Waals surface area contributed by atoms with Gasteiger partial charge in [-0.05, 0) is 46.2 Å². The molecular formula is C18H24O6S2. The van der Waals surface area contributed by atoms with Crippen LogP contribution in [0.25, 0.3) is 10.8 Å². The van der Waals surface area contributed by atoms with Crippen LogP contribution in [-0.2, 0) is 31.1 Å². The van der Waals surface area contributed by atoms with Gasteiger partial charge in [-0.3, -0.25) is 9.11 Å². The van der Waals surface area contributed by atoms with Gasteiger partial charge in [-0.25, -0.2) is 0 Å². The fourth-order valence-electron chi connectivity index (χ4n) is 2.69. The quantitative estimate of drug-likeness (QED) is 0.739. The molecule has 0 saturated carbocycles. The lowest BCUT2D eigenvalue weighted by atomic mass is 9.83. The predicted molar refractivity (Wildman–Crippen MR) is 101 cm³/mol. The summed E-state index contributed by atoms with van der Waals surface area (Å²) < 4.78 is 67.4. The van der Waals surface area contributed by atoms with Gasteiger partial charge < -0.3 is 0 Å². The van der Waals surface area contributed by atoms with Crippen molar-refractivity contribution in [2.24, 2.45) is 0 Å². The summed E-state index contributed by atoms with van der Waals surface area (Å²) in [4.78, 5) is -0.758. The van der Waals surface area contributed by atoms with Crippen molar-refractivity contribution in [3.8, 4) is 0 Å². The maximum atomic E-state index is 12.0. The smallest absolute Gasteiger partial charge is 0.282 e. The minimum atomic E-state index is -4.61. The molecule has 2 N–H and O–H groups in total. The minimum Gasteiger partial charge on any atom is -0.282 e. The van der Waals surface area contributed by atoms with E-state index in [-0.39, 0.29) is 20.6 Å². The number of benzene rings is 2. The normalized spacial score (nSPS) is 14.0. The van der Waals surface area contributed by atoms with Gasteiger partial charge in [-0.1, -0.05) is 41.5 Å². The van der Waals surface area contributed by atoms with E-state index in [1.54, 1.807) is 12.1 Å². The molecule has 0 radical (unpaired) electrons. The first kappa shape index (κ1) is 20.8. The molecule has 2 aromatic carbocycles. The molecule has 0 aliphatic heterocycles. The predicted octanol–water partition coefficient (Wildman–Crippen LogP) is 3.93. The van der Waals surface area contributed by atoms with E-state index in [0.29, 0.717) is 11.1 Å². The van der Waals surface area contributed by atoms with Crippen molar-refractivity contribution < 1.29 is 25.9 Å². The second-order valence-electron chi connectivity index (χ2n) is 8.49. The second kappa shape index (κ2) is 6.02. The molecule has 0 amide bonds. The van der Waals surface area contributed by atoms with Crippen LogP contribution in [0.3, 0.4) is 0 Å². The molecule has 6 nitrogen and oxygen atoms in total. The van der Waals surface area contributed by atoms with Gasteiger partial charge in [-0.2, -0.15) is 16.8 Å². The second-order valence-corrected chi connectivity index (χ2v) is 11.3. The van der Waals surface area contributed by atoms with Crippen molar-refractivity contribution in [2.45, 2.75) is 62.2 Å². The molecule has 26 heavy (non-hydrogen) atoms. The lowest BCUT2D eigenvalue weighted by molar-refractivity contribution is 0.480. The van der Waals surface area contributed by atoms with Crippen LogP contribution in [0.2, 0.25) is 0 Å². The molecular weight excluding hydrogens is 376 g/mol. The summed E-state index contributed by atoms with van der Waals surface area (Å²) in [5, 5.41) is 0.112. The molecule has 0 aliphatic rings. The summed E-state index contributed by atoms with van der Waals surface area (Å²) in [5.74, 6) is 0. The maximum Gasteiger partial charge on any atom is 0.295 e. The molecule has 0 heterocycles. The highest BCUT2D eigenvalue weighted by Crippen LogP contribution is 2.37. The third kappa shape index (κ3) is 4.09. The Balaban J connectivity index is 3.20. The number of fused-ring (bicyclic) bond motifs is 1. The number of hydrogen-bond acceptors (Lipinski definition) is 4. The summed E-state index contributed by atoms with van der Waals surface area (Å²) in [6, 6.07) is 5.77. The van der Waals surface area contributed by atoms with Gasteiger partial charge in [0.15, 0.2) is 0 Å². The van der Waals surface area contributed by atoms with Gasteiger partial charge in [-0.15, -0.1) is 0 Å². The Labute approximate surface area is 154 Å². The Morgan fingerprint density at radius 3 is 1.08 bits per heavy atom. The highest BCUT2D eigenvalue weighted by molar-refractivity contribution is 7.86. The zero-order chi connectivity index (χ0) is 20.3. The molecule has 0 atom stereocenters. The van der Waals surface area contributed by atoms with Gasteiger partial charge in [0, 0.05) is 10.8 Å².